The maximum absolute atomic E-state index is 5.85. The Morgan fingerprint density at radius 2 is 0.868 bits per heavy atom. The summed E-state index contributed by atoms with van der Waals surface area (Å²) in [6.07, 6.45) is 0. The van der Waals surface area contributed by atoms with Crippen LogP contribution in [0.25, 0.3) is 62.6 Å². The molecule has 0 spiro atoms. The van der Waals surface area contributed by atoms with Crippen molar-refractivity contribution in [1.29, 1.82) is 0 Å². The molecule has 2 nitrogen and oxygen atoms in total. The van der Waals surface area contributed by atoms with Crippen LogP contribution >= 0.6 is 38.6 Å². The molecule has 5 heteroatoms. The molecule has 0 radical (unpaired) electrons. The summed E-state index contributed by atoms with van der Waals surface area (Å²) < 4.78 is 6.51. The predicted octanol–water partition coefficient (Wildman–Crippen LogP) is 15.2. The molecule has 10 rings (SSSR count). The van der Waals surface area contributed by atoms with Crippen molar-refractivity contribution in [2.75, 3.05) is 11.1 Å². The monoisotopic (exact) mass is 782 g/mol. The standard InChI is InChI=1S/C24H17NS.C12H7BrS.C12H11N/c1-2-8-17(9-3-1)19-10-4-6-12-22(19)25-18-14-15-21-20-11-5-7-13-23(20)26-24(21)16-18;13-8-5-6-10-9-3-1-2-4-11(9)14-12(10)7-8;13-12-9-5-4-8-11(12)10-6-2-1-3-7-10/h1-16,25H;1-7H;1-9H,13H2. The highest BCUT2D eigenvalue weighted by Crippen LogP contribution is 2.37. The Kier molecular flexibility index (Phi) is 10.3. The van der Waals surface area contributed by atoms with Crippen molar-refractivity contribution in [3.8, 4) is 22.3 Å². The first-order chi connectivity index (χ1) is 26.1. The summed E-state index contributed by atoms with van der Waals surface area (Å²) >= 11 is 7.19. The zero-order valence-electron chi connectivity index (χ0n) is 28.7. The topological polar surface area (TPSA) is 38.0 Å². The number of nitrogen functional groups attached to an aromatic ring is 1. The maximum atomic E-state index is 5.85. The predicted molar refractivity (Wildman–Crippen MR) is 238 cm³/mol. The average Bonchev–Trinajstić information content (AvgIpc) is 3.77. The van der Waals surface area contributed by atoms with Gasteiger partial charge in [-0.1, -0.05) is 162 Å². The molecule has 0 fully saturated rings. The lowest BCUT2D eigenvalue weighted by atomic mass is 10.0. The Bertz CT molecular complexity index is 2790. The number of fused-ring (bicyclic) bond motifs is 6. The van der Waals surface area contributed by atoms with Gasteiger partial charge in [0.25, 0.3) is 0 Å². The van der Waals surface area contributed by atoms with E-state index in [-0.39, 0.29) is 0 Å². The average molecular weight is 784 g/mol. The van der Waals surface area contributed by atoms with Crippen molar-refractivity contribution in [1.82, 2.24) is 0 Å². The summed E-state index contributed by atoms with van der Waals surface area (Å²) in [4.78, 5) is 0. The van der Waals surface area contributed by atoms with E-state index < -0.39 is 0 Å². The lowest BCUT2D eigenvalue weighted by molar-refractivity contribution is 1.55. The second-order valence-electron chi connectivity index (χ2n) is 12.5. The van der Waals surface area contributed by atoms with Crippen LogP contribution < -0.4 is 11.1 Å². The number of hydrogen-bond acceptors (Lipinski definition) is 4. The van der Waals surface area contributed by atoms with Crippen molar-refractivity contribution in [3.63, 3.8) is 0 Å². The summed E-state index contributed by atoms with van der Waals surface area (Å²) in [6.45, 7) is 0. The molecule has 8 aromatic carbocycles. The van der Waals surface area contributed by atoms with E-state index in [1.807, 2.05) is 65.1 Å². The van der Waals surface area contributed by atoms with Crippen molar-refractivity contribution in [2.45, 2.75) is 0 Å². The summed E-state index contributed by atoms with van der Waals surface area (Å²) in [5.74, 6) is 0. The summed E-state index contributed by atoms with van der Waals surface area (Å²) in [6, 6.07) is 67.3. The first kappa shape index (κ1) is 34.4. The fraction of sp³-hybridized carbons (Fsp3) is 0. The van der Waals surface area contributed by atoms with Gasteiger partial charge in [-0.15, -0.1) is 22.7 Å². The number of hydrogen-bond donors (Lipinski definition) is 2. The van der Waals surface area contributed by atoms with Crippen molar-refractivity contribution >= 4 is 96.0 Å². The lowest BCUT2D eigenvalue weighted by Gasteiger charge is -2.12. The van der Waals surface area contributed by atoms with Gasteiger partial charge < -0.3 is 11.1 Å². The molecule has 0 aliphatic rings. The van der Waals surface area contributed by atoms with E-state index in [1.54, 1.807) is 0 Å². The van der Waals surface area contributed by atoms with Crippen LogP contribution in [-0.2, 0) is 0 Å². The molecule has 0 aliphatic carbocycles. The van der Waals surface area contributed by atoms with Crippen LogP contribution in [0.3, 0.4) is 0 Å². The Morgan fingerprint density at radius 3 is 1.51 bits per heavy atom. The molecule has 10 aromatic rings. The van der Waals surface area contributed by atoms with Gasteiger partial charge in [0.05, 0.1) is 0 Å². The minimum atomic E-state index is 0.828. The van der Waals surface area contributed by atoms with Gasteiger partial charge in [-0.05, 0) is 59.7 Å². The van der Waals surface area contributed by atoms with Crippen LogP contribution in [0.15, 0.2) is 199 Å². The van der Waals surface area contributed by atoms with Crippen LogP contribution in [0, 0.1) is 0 Å². The first-order valence-corrected chi connectivity index (χ1v) is 19.8. The Labute approximate surface area is 325 Å². The SMILES string of the molecule is Brc1ccc2c(c1)sc1ccccc12.Nc1ccccc1-c1ccccc1.c1ccc(-c2ccccc2Nc2ccc3c(c2)sc2ccccc23)cc1. The van der Waals surface area contributed by atoms with Gasteiger partial charge in [0.15, 0.2) is 0 Å². The number of thiophene rings is 2. The molecule has 256 valence electrons. The van der Waals surface area contributed by atoms with E-state index in [4.69, 9.17) is 5.73 Å². The molecule has 0 atom stereocenters. The third kappa shape index (κ3) is 7.74. The number of nitrogens with two attached hydrogens (primary N) is 1. The molecule has 2 heterocycles. The second kappa shape index (κ2) is 15.9. The van der Waals surface area contributed by atoms with E-state index in [0.717, 1.165) is 27.1 Å². The second-order valence-corrected chi connectivity index (χ2v) is 15.6. The van der Waals surface area contributed by atoms with Crippen LogP contribution in [0.5, 0.6) is 0 Å². The number of rotatable bonds is 4. The van der Waals surface area contributed by atoms with E-state index in [1.165, 1.54) is 57.0 Å². The van der Waals surface area contributed by atoms with Gasteiger partial charge in [-0.2, -0.15) is 0 Å². The number of nitrogens with one attached hydrogen (secondary N) is 1. The highest BCUT2D eigenvalue weighted by atomic mass is 79.9. The van der Waals surface area contributed by atoms with Crippen LogP contribution in [0.4, 0.5) is 17.1 Å². The van der Waals surface area contributed by atoms with E-state index >= 15 is 0 Å². The fourth-order valence-electron chi connectivity index (χ4n) is 6.50. The van der Waals surface area contributed by atoms with Gasteiger partial charge in [0.1, 0.15) is 0 Å². The van der Waals surface area contributed by atoms with E-state index in [2.05, 4.69) is 173 Å². The van der Waals surface area contributed by atoms with Crippen LogP contribution in [0.1, 0.15) is 0 Å². The number of anilines is 3. The zero-order valence-corrected chi connectivity index (χ0v) is 32.0. The van der Waals surface area contributed by atoms with Gasteiger partial charge in [-0.3, -0.25) is 0 Å². The third-order valence-corrected chi connectivity index (χ3v) is 11.8. The highest BCUT2D eigenvalue weighted by Gasteiger charge is 2.08. The highest BCUT2D eigenvalue weighted by molar-refractivity contribution is 9.10. The van der Waals surface area contributed by atoms with Crippen LogP contribution in [0.2, 0.25) is 0 Å². The Hall–Kier alpha value is -5.72. The van der Waals surface area contributed by atoms with E-state index in [0.29, 0.717) is 0 Å². The number of benzene rings is 8. The molecule has 0 saturated heterocycles. The molecule has 0 unspecified atom stereocenters. The zero-order chi connectivity index (χ0) is 36.0. The third-order valence-electron chi connectivity index (χ3n) is 9.06. The number of para-hydroxylation sites is 2. The molecule has 53 heavy (non-hydrogen) atoms. The van der Waals surface area contributed by atoms with Gasteiger partial charge in [0, 0.05) is 73.0 Å². The normalized spacial score (nSPS) is 10.8. The molecule has 0 bridgehead atoms. The molecule has 0 aliphatic heterocycles. The fourth-order valence-corrected chi connectivity index (χ4v) is 9.30. The van der Waals surface area contributed by atoms with Gasteiger partial charge >= 0.3 is 0 Å². The van der Waals surface area contributed by atoms with Crippen LogP contribution in [-0.4, -0.2) is 0 Å². The first-order valence-electron chi connectivity index (χ1n) is 17.4. The maximum Gasteiger partial charge on any atom is 0.0463 e. The Balaban J connectivity index is 0.000000125. The lowest BCUT2D eigenvalue weighted by Crippen LogP contribution is -1.92. The summed E-state index contributed by atoms with van der Waals surface area (Å²) in [5.41, 5.74) is 13.6. The molecule has 2 aromatic heterocycles. The minimum absolute atomic E-state index is 0.828. The molecular formula is C48H35BrN2S2. The molecule has 0 saturated carbocycles. The van der Waals surface area contributed by atoms with Crippen molar-refractivity contribution in [3.05, 3.63) is 199 Å². The Morgan fingerprint density at radius 1 is 0.396 bits per heavy atom. The van der Waals surface area contributed by atoms with Gasteiger partial charge in [-0.25, -0.2) is 0 Å². The molecular weight excluding hydrogens is 749 g/mol. The summed E-state index contributed by atoms with van der Waals surface area (Å²) in [5, 5.41) is 8.99. The number of halogens is 1. The summed E-state index contributed by atoms with van der Waals surface area (Å²) in [7, 11) is 0. The minimum Gasteiger partial charge on any atom is -0.398 e. The molecule has 3 N–H and O–H groups in total. The van der Waals surface area contributed by atoms with Crippen molar-refractivity contribution in [2.24, 2.45) is 0 Å². The van der Waals surface area contributed by atoms with E-state index in [9.17, 15) is 0 Å². The quantitative estimate of drug-likeness (QED) is 0.175. The van der Waals surface area contributed by atoms with Gasteiger partial charge in [0.2, 0.25) is 0 Å². The molecule has 0 amide bonds. The largest absolute Gasteiger partial charge is 0.398 e. The smallest absolute Gasteiger partial charge is 0.0463 e. The van der Waals surface area contributed by atoms with Crippen molar-refractivity contribution < 1.29 is 0 Å².